The van der Waals surface area contributed by atoms with Gasteiger partial charge in [-0.3, -0.25) is 4.79 Å². The van der Waals surface area contributed by atoms with Gasteiger partial charge in [-0.25, -0.2) is 0 Å². The van der Waals surface area contributed by atoms with Crippen LogP contribution >= 0.6 is 11.6 Å². The zero-order chi connectivity index (χ0) is 15.5. The van der Waals surface area contributed by atoms with Crippen LogP contribution in [0.3, 0.4) is 0 Å². The molecule has 1 amide bonds. The number of para-hydroxylation sites is 1. The lowest BCUT2D eigenvalue weighted by atomic mass is 10.0. The van der Waals surface area contributed by atoms with Gasteiger partial charge in [0.15, 0.2) is 0 Å². The molecule has 1 aliphatic rings. The fourth-order valence-electron chi connectivity index (χ4n) is 2.58. The first kappa shape index (κ1) is 14.8. The predicted octanol–water partition coefficient (Wildman–Crippen LogP) is 2.61. The fourth-order valence-corrected chi connectivity index (χ4v) is 2.84. The predicted molar refractivity (Wildman–Crippen MR) is 80.8 cm³/mol. The van der Waals surface area contributed by atoms with Crippen LogP contribution in [0.4, 0.5) is 0 Å². The molecule has 116 valence electrons. The minimum absolute atomic E-state index is 0.0517. The van der Waals surface area contributed by atoms with Crippen LogP contribution in [0.2, 0.25) is 5.02 Å². The third kappa shape index (κ3) is 3.06. The summed E-state index contributed by atoms with van der Waals surface area (Å²) in [5, 5.41) is 7.41. The summed E-state index contributed by atoms with van der Waals surface area (Å²) in [7, 11) is 1.54. The fraction of sp³-hybridized carbons (Fsp3) is 0.400. The van der Waals surface area contributed by atoms with Crippen LogP contribution in [0.25, 0.3) is 11.4 Å². The molecule has 1 unspecified atom stereocenters. The van der Waals surface area contributed by atoms with E-state index in [4.69, 9.17) is 20.9 Å². The molecule has 1 aliphatic heterocycles. The quantitative estimate of drug-likeness (QED) is 0.936. The number of carbonyl (C=O) groups is 1. The van der Waals surface area contributed by atoms with E-state index in [0.717, 1.165) is 12.8 Å². The Morgan fingerprint density at radius 1 is 1.50 bits per heavy atom. The average Bonchev–Trinajstić information content (AvgIpc) is 2.95. The molecule has 1 aromatic heterocycles. The van der Waals surface area contributed by atoms with Gasteiger partial charge in [-0.05, 0) is 25.0 Å². The molecule has 0 aliphatic carbocycles. The van der Waals surface area contributed by atoms with Gasteiger partial charge in [0.25, 0.3) is 0 Å². The highest BCUT2D eigenvalue weighted by Crippen LogP contribution is 2.34. The zero-order valence-electron chi connectivity index (χ0n) is 12.1. The first-order valence-electron chi connectivity index (χ1n) is 7.12. The van der Waals surface area contributed by atoms with Crippen LogP contribution in [0.5, 0.6) is 5.75 Å². The van der Waals surface area contributed by atoms with Gasteiger partial charge in [0.1, 0.15) is 5.75 Å². The second-order valence-electron chi connectivity index (χ2n) is 5.19. The van der Waals surface area contributed by atoms with Gasteiger partial charge < -0.3 is 14.6 Å². The van der Waals surface area contributed by atoms with Crippen LogP contribution in [0.15, 0.2) is 22.7 Å². The van der Waals surface area contributed by atoms with Crippen molar-refractivity contribution in [3.63, 3.8) is 0 Å². The minimum atomic E-state index is 0.0517. The number of carbonyl (C=O) groups excluding carboxylic acids is 1. The molecule has 0 radical (unpaired) electrons. The van der Waals surface area contributed by atoms with Crippen molar-refractivity contribution in [1.82, 2.24) is 15.5 Å². The maximum absolute atomic E-state index is 11.4. The Morgan fingerprint density at radius 2 is 2.36 bits per heavy atom. The molecule has 2 aromatic rings. The van der Waals surface area contributed by atoms with Crippen molar-refractivity contribution in [3.05, 3.63) is 29.1 Å². The molecular weight excluding hydrogens is 306 g/mol. The largest absolute Gasteiger partial charge is 0.494 e. The van der Waals surface area contributed by atoms with Crippen molar-refractivity contribution < 1.29 is 14.1 Å². The first-order valence-corrected chi connectivity index (χ1v) is 7.50. The maximum Gasteiger partial charge on any atom is 0.229 e. The number of halogens is 1. The van der Waals surface area contributed by atoms with E-state index in [1.165, 1.54) is 0 Å². The van der Waals surface area contributed by atoms with Crippen molar-refractivity contribution in [1.29, 1.82) is 0 Å². The summed E-state index contributed by atoms with van der Waals surface area (Å²) in [6.07, 6.45) is 2.93. The van der Waals surface area contributed by atoms with Crippen molar-refractivity contribution in [2.24, 2.45) is 0 Å². The number of amides is 1. The van der Waals surface area contributed by atoms with Crippen LogP contribution in [-0.4, -0.2) is 29.2 Å². The molecule has 1 aromatic carbocycles. The van der Waals surface area contributed by atoms with E-state index in [2.05, 4.69) is 15.5 Å². The SMILES string of the molecule is COc1c(Cl)cccc1-c1noc(CC2CCCC(=O)N2)n1. The topological polar surface area (TPSA) is 77.2 Å². The Balaban J connectivity index is 1.79. The number of benzene rings is 1. The molecule has 3 rings (SSSR count). The molecule has 1 saturated heterocycles. The molecule has 0 saturated carbocycles. The third-order valence-electron chi connectivity index (χ3n) is 3.62. The molecular formula is C15H16ClN3O3. The zero-order valence-corrected chi connectivity index (χ0v) is 12.9. The third-order valence-corrected chi connectivity index (χ3v) is 3.92. The number of piperidine rings is 1. The summed E-state index contributed by atoms with van der Waals surface area (Å²) >= 11 is 6.10. The maximum atomic E-state index is 11.4. The first-order chi connectivity index (χ1) is 10.7. The molecule has 0 spiro atoms. The lowest BCUT2D eigenvalue weighted by Gasteiger charge is -2.21. The van der Waals surface area contributed by atoms with Gasteiger partial charge in [-0.2, -0.15) is 4.98 Å². The molecule has 6 nitrogen and oxygen atoms in total. The summed E-state index contributed by atoms with van der Waals surface area (Å²) in [4.78, 5) is 15.8. The second-order valence-corrected chi connectivity index (χ2v) is 5.60. The summed E-state index contributed by atoms with van der Waals surface area (Å²) in [6.45, 7) is 0. The van der Waals surface area contributed by atoms with Gasteiger partial charge in [-0.1, -0.05) is 22.8 Å². The van der Waals surface area contributed by atoms with Crippen molar-refractivity contribution in [2.45, 2.75) is 31.7 Å². The van der Waals surface area contributed by atoms with Gasteiger partial charge in [-0.15, -0.1) is 0 Å². The van der Waals surface area contributed by atoms with Crippen molar-refractivity contribution in [2.75, 3.05) is 7.11 Å². The summed E-state index contributed by atoms with van der Waals surface area (Å²) in [5.74, 6) is 1.51. The Labute approximate surface area is 132 Å². The van der Waals surface area contributed by atoms with Gasteiger partial charge in [0.05, 0.1) is 17.7 Å². The molecule has 1 N–H and O–H groups in total. The summed E-state index contributed by atoms with van der Waals surface area (Å²) in [5.41, 5.74) is 0.678. The second kappa shape index (κ2) is 6.36. The highest BCUT2D eigenvalue weighted by molar-refractivity contribution is 6.32. The Hall–Kier alpha value is -2.08. The molecule has 22 heavy (non-hydrogen) atoms. The lowest BCUT2D eigenvalue weighted by molar-refractivity contribution is -0.123. The van der Waals surface area contributed by atoms with Crippen molar-refractivity contribution in [3.8, 4) is 17.1 Å². The lowest BCUT2D eigenvalue weighted by Crippen LogP contribution is -2.40. The van der Waals surface area contributed by atoms with Gasteiger partial charge in [0.2, 0.25) is 17.6 Å². The van der Waals surface area contributed by atoms with E-state index in [0.29, 0.717) is 40.9 Å². The van der Waals surface area contributed by atoms with E-state index in [1.54, 1.807) is 19.2 Å². The number of aromatic nitrogens is 2. The van der Waals surface area contributed by atoms with Crippen LogP contribution in [-0.2, 0) is 11.2 Å². The molecule has 0 bridgehead atoms. The molecule has 7 heteroatoms. The smallest absolute Gasteiger partial charge is 0.229 e. The van der Waals surface area contributed by atoms with E-state index >= 15 is 0 Å². The standard InChI is InChI=1S/C15H16ClN3O3/c1-21-14-10(5-3-6-11(14)16)15-18-13(22-19-15)8-9-4-2-7-12(20)17-9/h3,5-6,9H,2,4,7-8H2,1H3,(H,17,20). The highest BCUT2D eigenvalue weighted by Gasteiger charge is 2.22. The monoisotopic (exact) mass is 321 g/mol. The number of ether oxygens (including phenoxy) is 1. The van der Waals surface area contributed by atoms with E-state index in [-0.39, 0.29) is 11.9 Å². The van der Waals surface area contributed by atoms with Crippen LogP contribution in [0, 0.1) is 0 Å². The highest BCUT2D eigenvalue weighted by atomic mass is 35.5. The van der Waals surface area contributed by atoms with E-state index in [1.807, 2.05) is 6.07 Å². The number of methoxy groups -OCH3 is 1. The van der Waals surface area contributed by atoms with Gasteiger partial charge >= 0.3 is 0 Å². The minimum Gasteiger partial charge on any atom is -0.494 e. The summed E-state index contributed by atoms with van der Waals surface area (Å²) < 4.78 is 10.6. The Morgan fingerprint density at radius 3 is 3.14 bits per heavy atom. The van der Waals surface area contributed by atoms with Crippen molar-refractivity contribution >= 4 is 17.5 Å². The molecule has 1 fully saturated rings. The number of hydrogen-bond donors (Lipinski definition) is 1. The number of nitrogens with zero attached hydrogens (tertiary/aromatic N) is 2. The van der Waals surface area contributed by atoms with E-state index < -0.39 is 0 Å². The normalized spacial score (nSPS) is 18.1. The van der Waals surface area contributed by atoms with Crippen LogP contribution < -0.4 is 10.1 Å². The Kier molecular flexibility index (Phi) is 4.29. The number of rotatable bonds is 4. The van der Waals surface area contributed by atoms with E-state index in [9.17, 15) is 4.79 Å². The van der Waals surface area contributed by atoms with Gasteiger partial charge in [0, 0.05) is 18.9 Å². The van der Waals surface area contributed by atoms with Crippen LogP contribution in [0.1, 0.15) is 25.2 Å². The molecule has 1 atom stereocenters. The summed E-state index contributed by atoms with van der Waals surface area (Å²) in [6, 6.07) is 5.41. The number of hydrogen-bond acceptors (Lipinski definition) is 5. The Bertz CT molecular complexity index is 686. The number of nitrogens with one attached hydrogen (secondary N) is 1. The molecule has 2 heterocycles. The average molecular weight is 322 g/mol.